The Bertz CT molecular complexity index is 1740. The number of ether oxygens (including phenoxy) is 4. The Morgan fingerprint density at radius 3 is 1.19 bits per heavy atom. The average Bonchev–Trinajstić information content (AvgIpc) is 3.46. The standard InChI is InChI=1S/C37H36O6S4/c38-34(25-11-1-7-23-9-3-13-27(29(23)25)36(34)40-15-5-16-41-36)31-44-19-33(20-45-31)21-46-32(47-22-33)35(39)26-12-2-8-24-10-4-14-28(30(24)26)37(35)42-17-6-18-43-37/h1-4,7-14,31-32,38-39H,5-6,15-22H2. The second-order valence-corrected chi connectivity index (χ2v) is 18.7. The lowest BCUT2D eigenvalue weighted by molar-refractivity contribution is -0.349. The lowest BCUT2D eigenvalue weighted by atomic mass is 9.90. The molecule has 6 aliphatic rings. The summed E-state index contributed by atoms with van der Waals surface area (Å²) in [6.07, 6.45) is 1.63. The molecule has 4 saturated heterocycles. The molecule has 0 amide bonds. The van der Waals surface area contributed by atoms with E-state index < -0.39 is 22.8 Å². The van der Waals surface area contributed by atoms with E-state index in [9.17, 15) is 10.2 Å². The summed E-state index contributed by atoms with van der Waals surface area (Å²) in [6.45, 7) is 2.23. The van der Waals surface area contributed by atoms with E-state index in [-0.39, 0.29) is 14.6 Å². The van der Waals surface area contributed by atoms with Gasteiger partial charge in [-0.3, -0.25) is 0 Å². The van der Waals surface area contributed by atoms with Gasteiger partial charge >= 0.3 is 0 Å². The van der Waals surface area contributed by atoms with Gasteiger partial charge in [-0.1, -0.05) is 72.8 Å². The molecule has 244 valence electrons. The van der Waals surface area contributed by atoms with E-state index >= 15 is 0 Å². The highest BCUT2D eigenvalue weighted by Gasteiger charge is 2.69. The SMILES string of the molecule is OC1(C2SCC3(CS2)CSC(C2(O)c4cccc5cccc(c45)C24OCCCO4)SC3)c2cccc3cccc(c23)C12OCCCO2. The van der Waals surface area contributed by atoms with Crippen molar-refractivity contribution in [1.82, 2.24) is 0 Å². The minimum absolute atomic E-state index is 0.0577. The van der Waals surface area contributed by atoms with E-state index in [1.54, 1.807) is 0 Å². The van der Waals surface area contributed by atoms with Gasteiger partial charge in [0.05, 0.1) is 35.6 Å². The molecule has 4 aliphatic heterocycles. The van der Waals surface area contributed by atoms with E-state index in [4.69, 9.17) is 18.9 Å². The van der Waals surface area contributed by atoms with Gasteiger partial charge in [-0.25, -0.2) is 0 Å². The van der Waals surface area contributed by atoms with Crippen LogP contribution in [0.15, 0.2) is 72.8 Å². The summed E-state index contributed by atoms with van der Waals surface area (Å²) >= 11 is 7.36. The van der Waals surface area contributed by atoms with Gasteiger partial charge < -0.3 is 29.2 Å². The third-order valence-corrected chi connectivity index (χ3v) is 18.3. The van der Waals surface area contributed by atoms with Crippen molar-refractivity contribution in [2.45, 2.75) is 44.8 Å². The van der Waals surface area contributed by atoms with Gasteiger partial charge in [-0.2, -0.15) is 0 Å². The fraction of sp³-hybridized carbons (Fsp3) is 0.459. The summed E-state index contributed by atoms with van der Waals surface area (Å²) in [6, 6.07) is 24.9. The maximum Gasteiger partial charge on any atom is 0.231 e. The zero-order valence-electron chi connectivity index (χ0n) is 25.8. The van der Waals surface area contributed by atoms with E-state index in [1.165, 1.54) is 0 Å². The minimum atomic E-state index is -1.32. The van der Waals surface area contributed by atoms with Crippen LogP contribution in [0.5, 0.6) is 0 Å². The van der Waals surface area contributed by atoms with Crippen LogP contribution < -0.4 is 0 Å². The van der Waals surface area contributed by atoms with Crippen molar-refractivity contribution >= 4 is 68.6 Å². The lowest BCUT2D eigenvalue weighted by Crippen LogP contribution is -2.59. The van der Waals surface area contributed by atoms with Gasteiger partial charge in [0.2, 0.25) is 11.6 Å². The zero-order valence-corrected chi connectivity index (χ0v) is 29.1. The van der Waals surface area contributed by atoms with E-state index in [0.29, 0.717) is 26.4 Å². The highest BCUT2D eigenvalue weighted by Crippen LogP contribution is 2.66. The van der Waals surface area contributed by atoms with E-state index in [2.05, 4.69) is 48.5 Å². The molecule has 2 N–H and O–H groups in total. The molecule has 2 aliphatic carbocycles. The Hall–Kier alpha value is -1.44. The zero-order chi connectivity index (χ0) is 31.5. The van der Waals surface area contributed by atoms with Crippen LogP contribution >= 0.6 is 47.0 Å². The average molecular weight is 705 g/mol. The third kappa shape index (κ3) is 3.86. The Labute approximate surface area is 291 Å². The first-order valence-electron chi connectivity index (χ1n) is 16.5. The van der Waals surface area contributed by atoms with Crippen LogP contribution in [0.2, 0.25) is 0 Å². The lowest BCUT2D eigenvalue weighted by Gasteiger charge is -2.53. The number of fused-ring (bicyclic) bond motifs is 2. The van der Waals surface area contributed by atoms with E-state index in [1.807, 2.05) is 71.3 Å². The minimum Gasteiger partial charge on any atom is -0.377 e. The number of aliphatic hydroxyl groups is 2. The van der Waals surface area contributed by atoms with Crippen molar-refractivity contribution in [2.24, 2.45) is 5.41 Å². The molecule has 47 heavy (non-hydrogen) atoms. The molecule has 4 aromatic carbocycles. The van der Waals surface area contributed by atoms with Crippen molar-refractivity contribution in [2.75, 3.05) is 49.4 Å². The molecule has 0 radical (unpaired) electrons. The molecular formula is C37H36O6S4. The number of hydrogen-bond acceptors (Lipinski definition) is 10. The monoisotopic (exact) mass is 704 g/mol. The van der Waals surface area contributed by atoms with Gasteiger partial charge in [0.25, 0.3) is 0 Å². The van der Waals surface area contributed by atoms with Gasteiger partial charge in [-0.05, 0) is 45.5 Å². The first-order chi connectivity index (χ1) is 23.0. The fourth-order valence-corrected chi connectivity index (χ4v) is 16.5. The molecule has 4 heterocycles. The molecular weight excluding hydrogens is 669 g/mol. The van der Waals surface area contributed by atoms with Crippen LogP contribution in [-0.2, 0) is 41.7 Å². The van der Waals surface area contributed by atoms with Gasteiger partial charge in [0, 0.05) is 39.6 Å². The van der Waals surface area contributed by atoms with Crippen molar-refractivity contribution in [1.29, 1.82) is 0 Å². The fourth-order valence-electron chi connectivity index (χ4n) is 8.85. The molecule has 2 atom stereocenters. The Balaban J connectivity index is 0.939. The summed E-state index contributed by atoms with van der Waals surface area (Å²) < 4.78 is 25.8. The first kappa shape index (κ1) is 30.4. The van der Waals surface area contributed by atoms with E-state index in [0.717, 1.165) is 79.7 Å². The van der Waals surface area contributed by atoms with Crippen LogP contribution in [0.3, 0.4) is 0 Å². The normalized spacial score (nSPS) is 35.4. The first-order valence-corrected chi connectivity index (χ1v) is 20.7. The molecule has 0 saturated carbocycles. The molecule has 3 spiro atoms. The summed E-state index contributed by atoms with van der Waals surface area (Å²) in [5, 5.41) is 30.3. The largest absolute Gasteiger partial charge is 0.377 e. The predicted molar refractivity (Wildman–Crippen MR) is 192 cm³/mol. The molecule has 0 bridgehead atoms. The van der Waals surface area contributed by atoms with Gasteiger partial charge in [-0.15, -0.1) is 47.0 Å². The highest BCUT2D eigenvalue weighted by atomic mass is 32.2. The number of hydrogen-bond donors (Lipinski definition) is 2. The highest BCUT2D eigenvalue weighted by molar-refractivity contribution is 8.19. The number of thioether (sulfide) groups is 4. The van der Waals surface area contributed by atoms with Crippen molar-refractivity contribution in [3.05, 3.63) is 95.1 Å². The van der Waals surface area contributed by atoms with Crippen LogP contribution in [0.1, 0.15) is 35.1 Å². The number of rotatable bonds is 2. The molecule has 10 rings (SSSR count). The van der Waals surface area contributed by atoms with Crippen molar-refractivity contribution < 1.29 is 29.2 Å². The Morgan fingerprint density at radius 2 is 0.830 bits per heavy atom. The Kier molecular flexibility index (Phi) is 6.97. The summed E-state index contributed by atoms with van der Waals surface area (Å²) in [4.78, 5) is 0. The van der Waals surface area contributed by atoms with Crippen molar-refractivity contribution in [3.63, 3.8) is 0 Å². The molecule has 6 nitrogen and oxygen atoms in total. The molecule has 4 aromatic rings. The number of benzene rings is 4. The second-order valence-electron chi connectivity index (χ2n) is 13.7. The van der Waals surface area contributed by atoms with Crippen LogP contribution in [0.4, 0.5) is 0 Å². The maximum absolute atomic E-state index is 13.0. The molecule has 0 aromatic heterocycles. The van der Waals surface area contributed by atoms with Crippen LogP contribution in [0, 0.1) is 5.41 Å². The smallest absolute Gasteiger partial charge is 0.231 e. The summed E-state index contributed by atoms with van der Waals surface area (Å²) in [5.74, 6) is 1.23. The van der Waals surface area contributed by atoms with Crippen molar-refractivity contribution in [3.8, 4) is 0 Å². The quantitative estimate of drug-likeness (QED) is 0.231. The van der Waals surface area contributed by atoms with Gasteiger partial charge in [0.1, 0.15) is 0 Å². The molecule has 2 unspecified atom stereocenters. The van der Waals surface area contributed by atoms with Crippen LogP contribution in [0.25, 0.3) is 21.5 Å². The van der Waals surface area contributed by atoms with Gasteiger partial charge in [0.15, 0.2) is 11.2 Å². The summed E-state index contributed by atoms with van der Waals surface area (Å²) in [7, 11) is 0. The van der Waals surface area contributed by atoms with Crippen LogP contribution in [-0.4, -0.2) is 68.8 Å². The topological polar surface area (TPSA) is 77.4 Å². The summed E-state index contributed by atoms with van der Waals surface area (Å²) in [5.41, 5.74) is 1.13. The third-order valence-electron chi connectivity index (χ3n) is 11.0. The predicted octanol–water partition coefficient (Wildman–Crippen LogP) is 6.87. The Morgan fingerprint density at radius 1 is 0.489 bits per heavy atom. The second kappa shape index (κ2) is 10.8. The molecule has 4 fully saturated rings. The molecule has 10 heteroatoms. The maximum atomic E-state index is 13.0.